The summed E-state index contributed by atoms with van der Waals surface area (Å²) in [6, 6.07) is 26.8. The molecule has 2 aromatic rings. The summed E-state index contributed by atoms with van der Waals surface area (Å²) >= 11 is 0. The molecule has 2 aromatic carbocycles. The second kappa shape index (κ2) is 6.04. The maximum absolute atomic E-state index is 2.44. The third kappa shape index (κ3) is 2.27. The molecule has 0 heterocycles. The lowest BCUT2D eigenvalue weighted by atomic mass is 9.88. The highest BCUT2D eigenvalue weighted by Crippen LogP contribution is 2.69. The SMILES string of the molecule is CC[Si](CC)(CC)C1CC1(c1ccccc1)c1ccccc1. The zero-order chi connectivity index (χ0) is 15.6. The van der Waals surface area contributed by atoms with E-state index in [2.05, 4.69) is 81.4 Å². The number of hydrogen-bond acceptors (Lipinski definition) is 0. The Morgan fingerprint density at radius 2 is 1.18 bits per heavy atom. The molecular formula is C21H28Si. The Bertz CT molecular complexity index is 551. The molecule has 0 aliphatic heterocycles. The largest absolute Gasteiger partial charge is 0.0678 e. The van der Waals surface area contributed by atoms with E-state index >= 15 is 0 Å². The smallest absolute Gasteiger partial charge is 0.0571 e. The molecule has 1 aliphatic carbocycles. The van der Waals surface area contributed by atoms with Crippen LogP contribution >= 0.6 is 0 Å². The van der Waals surface area contributed by atoms with Crippen molar-refractivity contribution in [3.8, 4) is 0 Å². The van der Waals surface area contributed by atoms with Crippen LogP contribution in [0.25, 0.3) is 0 Å². The van der Waals surface area contributed by atoms with Crippen molar-refractivity contribution in [1.82, 2.24) is 0 Å². The predicted octanol–water partition coefficient (Wildman–Crippen LogP) is 6.26. The van der Waals surface area contributed by atoms with Gasteiger partial charge in [-0.1, -0.05) is 99.6 Å². The second-order valence-electron chi connectivity index (χ2n) is 6.88. The van der Waals surface area contributed by atoms with Gasteiger partial charge < -0.3 is 0 Å². The summed E-state index contributed by atoms with van der Waals surface area (Å²) in [6.45, 7) is 7.33. The third-order valence-corrected chi connectivity index (χ3v) is 12.8. The van der Waals surface area contributed by atoms with E-state index in [9.17, 15) is 0 Å². The van der Waals surface area contributed by atoms with Crippen molar-refractivity contribution in [1.29, 1.82) is 0 Å². The Kier molecular flexibility index (Phi) is 4.27. The molecule has 116 valence electrons. The first-order chi connectivity index (χ1) is 10.7. The first-order valence-electron chi connectivity index (χ1n) is 8.84. The van der Waals surface area contributed by atoms with Crippen LogP contribution in [0.2, 0.25) is 23.7 Å². The Balaban J connectivity index is 2.09. The number of hydrogen-bond donors (Lipinski definition) is 0. The van der Waals surface area contributed by atoms with Gasteiger partial charge in [0, 0.05) is 5.41 Å². The molecule has 1 unspecified atom stereocenters. The van der Waals surface area contributed by atoms with Crippen LogP contribution in [-0.4, -0.2) is 8.07 Å². The van der Waals surface area contributed by atoms with Crippen LogP contribution in [0.3, 0.4) is 0 Å². The van der Waals surface area contributed by atoms with Crippen LogP contribution in [0.1, 0.15) is 38.3 Å². The highest BCUT2D eigenvalue weighted by Gasteiger charge is 2.63. The summed E-state index contributed by atoms with van der Waals surface area (Å²) in [5, 5.41) is 0. The molecule has 1 fully saturated rings. The minimum Gasteiger partial charge on any atom is -0.0678 e. The Morgan fingerprint density at radius 1 is 0.773 bits per heavy atom. The van der Waals surface area contributed by atoms with Gasteiger partial charge in [-0.2, -0.15) is 0 Å². The van der Waals surface area contributed by atoms with Gasteiger partial charge in [-0.05, 0) is 23.1 Å². The maximum atomic E-state index is 2.44. The molecule has 0 aromatic heterocycles. The van der Waals surface area contributed by atoms with E-state index in [-0.39, 0.29) is 0 Å². The molecule has 0 saturated heterocycles. The lowest BCUT2D eigenvalue weighted by Crippen LogP contribution is -2.35. The second-order valence-corrected chi connectivity index (χ2v) is 12.4. The summed E-state index contributed by atoms with van der Waals surface area (Å²) in [7, 11) is -1.18. The molecule has 1 atom stereocenters. The maximum Gasteiger partial charge on any atom is 0.0571 e. The minimum atomic E-state index is -1.18. The Labute approximate surface area is 136 Å². The van der Waals surface area contributed by atoms with Gasteiger partial charge in [0.2, 0.25) is 0 Å². The van der Waals surface area contributed by atoms with Gasteiger partial charge in [-0.25, -0.2) is 0 Å². The summed E-state index contributed by atoms with van der Waals surface area (Å²) in [5.74, 6) is 0. The molecule has 1 aliphatic rings. The van der Waals surface area contributed by atoms with Crippen molar-refractivity contribution in [2.75, 3.05) is 0 Å². The lowest BCUT2D eigenvalue weighted by Gasteiger charge is -2.32. The number of benzene rings is 2. The van der Waals surface area contributed by atoms with Crippen molar-refractivity contribution in [3.63, 3.8) is 0 Å². The van der Waals surface area contributed by atoms with Gasteiger partial charge in [-0.3, -0.25) is 0 Å². The van der Waals surface area contributed by atoms with Crippen molar-refractivity contribution in [2.45, 2.75) is 56.3 Å². The topological polar surface area (TPSA) is 0 Å². The van der Waals surface area contributed by atoms with E-state index in [1.807, 2.05) is 0 Å². The monoisotopic (exact) mass is 308 g/mol. The molecule has 0 bridgehead atoms. The van der Waals surface area contributed by atoms with Crippen LogP contribution in [0.5, 0.6) is 0 Å². The molecular weight excluding hydrogens is 280 g/mol. The first kappa shape index (κ1) is 15.5. The van der Waals surface area contributed by atoms with Crippen molar-refractivity contribution in [2.24, 2.45) is 0 Å². The van der Waals surface area contributed by atoms with E-state index in [1.165, 1.54) is 24.6 Å². The quantitative estimate of drug-likeness (QED) is 0.553. The van der Waals surface area contributed by atoms with E-state index in [0.29, 0.717) is 5.41 Å². The molecule has 1 heteroatoms. The fraction of sp³-hybridized carbons (Fsp3) is 0.429. The van der Waals surface area contributed by atoms with Gasteiger partial charge >= 0.3 is 0 Å². The van der Waals surface area contributed by atoms with Gasteiger partial charge in [0.25, 0.3) is 0 Å². The van der Waals surface area contributed by atoms with E-state index in [0.717, 1.165) is 5.54 Å². The predicted molar refractivity (Wildman–Crippen MR) is 99.2 cm³/mol. The Morgan fingerprint density at radius 3 is 1.55 bits per heavy atom. The average molecular weight is 309 g/mol. The fourth-order valence-corrected chi connectivity index (χ4v) is 9.88. The summed E-state index contributed by atoms with van der Waals surface area (Å²) in [5.41, 5.74) is 4.29. The highest BCUT2D eigenvalue weighted by atomic mass is 28.3. The van der Waals surface area contributed by atoms with Gasteiger partial charge in [0.05, 0.1) is 8.07 Å². The summed E-state index contributed by atoms with van der Waals surface area (Å²) in [6.07, 6.45) is 1.36. The Hall–Kier alpha value is -1.34. The van der Waals surface area contributed by atoms with Crippen LogP contribution in [0, 0.1) is 0 Å². The number of rotatable bonds is 6. The molecule has 0 nitrogen and oxygen atoms in total. The van der Waals surface area contributed by atoms with Crippen LogP contribution in [-0.2, 0) is 5.41 Å². The minimum absolute atomic E-state index is 0.302. The molecule has 3 rings (SSSR count). The van der Waals surface area contributed by atoms with Crippen LogP contribution in [0.15, 0.2) is 60.7 Å². The molecule has 22 heavy (non-hydrogen) atoms. The highest BCUT2D eigenvalue weighted by molar-refractivity contribution is 6.82. The first-order valence-corrected chi connectivity index (χ1v) is 11.5. The molecule has 1 saturated carbocycles. The van der Waals surface area contributed by atoms with Crippen LogP contribution < -0.4 is 0 Å². The molecule has 0 N–H and O–H groups in total. The lowest BCUT2D eigenvalue weighted by molar-refractivity contribution is 0.829. The fourth-order valence-electron chi connectivity index (χ4n) is 4.77. The third-order valence-electron chi connectivity index (χ3n) is 6.39. The van der Waals surface area contributed by atoms with Crippen molar-refractivity contribution < 1.29 is 0 Å². The molecule has 0 amide bonds. The van der Waals surface area contributed by atoms with E-state index in [4.69, 9.17) is 0 Å². The van der Waals surface area contributed by atoms with Gasteiger partial charge in [-0.15, -0.1) is 0 Å². The average Bonchev–Trinajstić information content (AvgIpc) is 3.36. The van der Waals surface area contributed by atoms with Gasteiger partial charge in [0.1, 0.15) is 0 Å². The van der Waals surface area contributed by atoms with E-state index in [1.54, 1.807) is 11.1 Å². The van der Waals surface area contributed by atoms with Crippen molar-refractivity contribution >= 4 is 8.07 Å². The van der Waals surface area contributed by atoms with E-state index < -0.39 is 8.07 Å². The summed E-state index contributed by atoms with van der Waals surface area (Å²) < 4.78 is 0. The zero-order valence-electron chi connectivity index (χ0n) is 14.2. The standard InChI is InChI=1S/C21H28Si/c1-4-22(5-2,6-3)20-17-21(20,18-13-9-7-10-14-18)19-15-11-8-12-16-19/h7-16,20H,4-6,17H2,1-3H3. The van der Waals surface area contributed by atoms with Crippen LogP contribution in [0.4, 0.5) is 0 Å². The normalized spacial score (nSPS) is 19.9. The molecule has 0 spiro atoms. The van der Waals surface area contributed by atoms with Gasteiger partial charge in [0.15, 0.2) is 0 Å². The summed E-state index contributed by atoms with van der Waals surface area (Å²) in [4.78, 5) is 0. The molecule has 0 radical (unpaired) electrons. The zero-order valence-corrected chi connectivity index (χ0v) is 15.2. The van der Waals surface area contributed by atoms with Crippen molar-refractivity contribution in [3.05, 3.63) is 71.8 Å².